The molecule has 0 radical (unpaired) electrons. The number of nitrogens with zero attached hydrogens (tertiary/aromatic N) is 3. The summed E-state index contributed by atoms with van der Waals surface area (Å²) in [5.74, 6) is -0.145. The van der Waals surface area contributed by atoms with E-state index in [-0.39, 0.29) is 11.9 Å². The highest BCUT2D eigenvalue weighted by atomic mass is 16.1. The zero-order valence-corrected chi connectivity index (χ0v) is 10.1. The van der Waals surface area contributed by atoms with Gasteiger partial charge in [0.2, 0.25) is 0 Å². The summed E-state index contributed by atoms with van der Waals surface area (Å²) in [5.41, 5.74) is 1.56. The SMILES string of the molecule is CCC(NC(=O)c1ccnnc1)c1ccncc1. The molecule has 5 heteroatoms. The third-order valence-electron chi connectivity index (χ3n) is 2.67. The average Bonchev–Trinajstić information content (AvgIpc) is 2.46. The normalized spacial score (nSPS) is 11.8. The molecule has 2 aromatic heterocycles. The molecule has 2 rings (SSSR count). The number of nitrogens with one attached hydrogen (secondary N) is 1. The second kappa shape index (κ2) is 5.86. The molecule has 1 N–H and O–H groups in total. The van der Waals surface area contributed by atoms with E-state index in [9.17, 15) is 4.79 Å². The van der Waals surface area contributed by atoms with E-state index < -0.39 is 0 Å². The van der Waals surface area contributed by atoms with Gasteiger partial charge in [-0.2, -0.15) is 10.2 Å². The minimum Gasteiger partial charge on any atom is -0.345 e. The smallest absolute Gasteiger partial charge is 0.253 e. The van der Waals surface area contributed by atoms with Crippen LogP contribution in [0.15, 0.2) is 43.0 Å². The predicted octanol–water partition coefficient (Wildman–Crippen LogP) is 1.75. The van der Waals surface area contributed by atoms with Gasteiger partial charge in [-0.1, -0.05) is 6.92 Å². The van der Waals surface area contributed by atoms with Gasteiger partial charge >= 0.3 is 0 Å². The summed E-state index contributed by atoms with van der Waals surface area (Å²) in [6.45, 7) is 2.02. The highest BCUT2D eigenvalue weighted by Gasteiger charge is 2.13. The summed E-state index contributed by atoms with van der Waals surface area (Å²) in [4.78, 5) is 16.0. The number of rotatable bonds is 4. The minimum atomic E-state index is -0.145. The Balaban J connectivity index is 2.10. The van der Waals surface area contributed by atoms with Gasteiger partial charge in [0, 0.05) is 12.4 Å². The van der Waals surface area contributed by atoms with E-state index in [0.29, 0.717) is 5.56 Å². The molecule has 0 aliphatic carbocycles. The van der Waals surface area contributed by atoms with Crippen LogP contribution in [0.4, 0.5) is 0 Å². The van der Waals surface area contributed by atoms with Crippen LogP contribution in [0.3, 0.4) is 0 Å². The maximum atomic E-state index is 12.0. The van der Waals surface area contributed by atoms with Crippen LogP contribution in [0.2, 0.25) is 0 Å². The van der Waals surface area contributed by atoms with Crippen LogP contribution >= 0.6 is 0 Å². The average molecular weight is 242 g/mol. The molecule has 2 heterocycles. The molecule has 18 heavy (non-hydrogen) atoms. The quantitative estimate of drug-likeness (QED) is 0.887. The Hall–Kier alpha value is -2.30. The van der Waals surface area contributed by atoms with Gasteiger partial charge in [-0.15, -0.1) is 0 Å². The van der Waals surface area contributed by atoms with Gasteiger partial charge in [-0.25, -0.2) is 0 Å². The first-order valence-electron chi connectivity index (χ1n) is 5.78. The zero-order chi connectivity index (χ0) is 12.8. The van der Waals surface area contributed by atoms with Crippen LogP contribution in [0.5, 0.6) is 0 Å². The highest BCUT2D eigenvalue weighted by molar-refractivity contribution is 5.93. The molecule has 0 aliphatic heterocycles. The Morgan fingerprint density at radius 1 is 1.22 bits per heavy atom. The number of hydrogen-bond acceptors (Lipinski definition) is 4. The molecule has 92 valence electrons. The lowest BCUT2D eigenvalue weighted by molar-refractivity contribution is 0.0935. The van der Waals surface area contributed by atoms with E-state index in [0.717, 1.165) is 12.0 Å². The third kappa shape index (κ3) is 2.88. The Labute approximate surface area is 105 Å². The van der Waals surface area contributed by atoms with Crippen LogP contribution in [0, 0.1) is 0 Å². The monoisotopic (exact) mass is 242 g/mol. The molecular formula is C13H14N4O. The Morgan fingerprint density at radius 3 is 2.61 bits per heavy atom. The summed E-state index contributed by atoms with van der Waals surface area (Å²) < 4.78 is 0. The number of carbonyl (C=O) groups is 1. The lowest BCUT2D eigenvalue weighted by Gasteiger charge is -2.17. The number of amides is 1. The van der Waals surface area contributed by atoms with Crippen molar-refractivity contribution in [3.63, 3.8) is 0 Å². The molecule has 0 saturated heterocycles. The first-order valence-corrected chi connectivity index (χ1v) is 5.78. The van der Waals surface area contributed by atoms with Crippen molar-refractivity contribution in [1.29, 1.82) is 0 Å². The lowest BCUT2D eigenvalue weighted by Crippen LogP contribution is -2.28. The summed E-state index contributed by atoms with van der Waals surface area (Å²) >= 11 is 0. The third-order valence-corrected chi connectivity index (χ3v) is 2.67. The van der Waals surface area contributed by atoms with Crippen molar-refractivity contribution in [1.82, 2.24) is 20.5 Å². The van der Waals surface area contributed by atoms with Crippen molar-refractivity contribution in [3.05, 3.63) is 54.1 Å². The van der Waals surface area contributed by atoms with Gasteiger partial charge in [0.15, 0.2) is 0 Å². The van der Waals surface area contributed by atoms with Crippen molar-refractivity contribution in [2.75, 3.05) is 0 Å². The van der Waals surface area contributed by atoms with Gasteiger partial charge in [0.05, 0.1) is 24.0 Å². The molecule has 0 bridgehead atoms. The van der Waals surface area contributed by atoms with Crippen molar-refractivity contribution in [3.8, 4) is 0 Å². The molecule has 5 nitrogen and oxygen atoms in total. The topological polar surface area (TPSA) is 67.8 Å². The molecular weight excluding hydrogens is 228 g/mol. The fraction of sp³-hybridized carbons (Fsp3) is 0.231. The van der Waals surface area contributed by atoms with E-state index in [2.05, 4.69) is 20.5 Å². The van der Waals surface area contributed by atoms with Crippen molar-refractivity contribution < 1.29 is 4.79 Å². The van der Waals surface area contributed by atoms with E-state index in [1.54, 1.807) is 18.5 Å². The maximum Gasteiger partial charge on any atom is 0.253 e. The molecule has 1 atom stereocenters. The molecule has 1 amide bonds. The minimum absolute atomic E-state index is 0.0198. The van der Waals surface area contributed by atoms with Gasteiger partial charge in [0.25, 0.3) is 5.91 Å². The van der Waals surface area contributed by atoms with Gasteiger partial charge < -0.3 is 5.32 Å². The van der Waals surface area contributed by atoms with E-state index in [4.69, 9.17) is 0 Å². The van der Waals surface area contributed by atoms with Crippen molar-refractivity contribution in [2.45, 2.75) is 19.4 Å². The number of aromatic nitrogens is 3. The highest BCUT2D eigenvalue weighted by Crippen LogP contribution is 2.15. The summed E-state index contributed by atoms with van der Waals surface area (Å²) in [6, 6.07) is 5.42. The van der Waals surface area contributed by atoms with Crippen LogP contribution < -0.4 is 5.32 Å². The standard InChI is InChI=1S/C13H14N4O/c1-2-12(10-3-6-14-7-4-10)17-13(18)11-5-8-15-16-9-11/h3-9,12H,2H2,1H3,(H,17,18). The lowest BCUT2D eigenvalue weighted by atomic mass is 10.1. The number of hydrogen-bond donors (Lipinski definition) is 1. The van der Waals surface area contributed by atoms with Crippen LogP contribution in [0.1, 0.15) is 35.3 Å². The van der Waals surface area contributed by atoms with E-state index >= 15 is 0 Å². The molecule has 0 saturated carbocycles. The Kier molecular flexibility index (Phi) is 3.96. The first-order chi connectivity index (χ1) is 8.81. The summed E-state index contributed by atoms with van der Waals surface area (Å²) in [5, 5.41) is 10.3. The van der Waals surface area contributed by atoms with Gasteiger partial charge in [0.1, 0.15) is 0 Å². The van der Waals surface area contributed by atoms with Crippen LogP contribution in [0.25, 0.3) is 0 Å². The fourth-order valence-electron chi connectivity index (χ4n) is 1.68. The predicted molar refractivity (Wildman–Crippen MR) is 66.8 cm³/mol. The molecule has 2 aromatic rings. The fourth-order valence-corrected chi connectivity index (χ4v) is 1.68. The summed E-state index contributed by atoms with van der Waals surface area (Å²) in [6.07, 6.45) is 7.21. The maximum absolute atomic E-state index is 12.0. The number of pyridine rings is 1. The molecule has 0 spiro atoms. The van der Waals surface area contributed by atoms with Gasteiger partial charge in [-0.05, 0) is 30.2 Å². The summed E-state index contributed by atoms with van der Waals surface area (Å²) in [7, 11) is 0. The second-order valence-corrected chi connectivity index (χ2v) is 3.85. The van der Waals surface area contributed by atoms with Crippen LogP contribution in [-0.2, 0) is 0 Å². The largest absolute Gasteiger partial charge is 0.345 e. The molecule has 0 aliphatic rings. The molecule has 0 fully saturated rings. The molecule has 1 unspecified atom stereocenters. The zero-order valence-electron chi connectivity index (χ0n) is 10.1. The molecule has 0 aromatic carbocycles. The van der Waals surface area contributed by atoms with Gasteiger partial charge in [-0.3, -0.25) is 9.78 Å². The first kappa shape index (κ1) is 12.2. The van der Waals surface area contributed by atoms with Crippen molar-refractivity contribution in [2.24, 2.45) is 0 Å². The number of carbonyl (C=O) groups excluding carboxylic acids is 1. The van der Waals surface area contributed by atoms with Crippen molar-refractivity contribution >= 4 is 5.91 Å². The van der Waals surface area contributed by atoms with Crippen LogP contribution in [-0.4, -0.2) is 21.1 Å². The Morgan fingerprint density at radius 2 is 2.00 bits per heavy atom. The second-order valence-electron chi connectivity index (χ2n) is 3.85. The Bertz CT molecular complexity index is 501. The van der Waals surface area contributed by atoms with E-state index in [1.165, 1.54) is 12.4 Å². The van der Waals surface area contributed by atoms with E-state index in [1.807, 2.05) is 19.1 Å².